The molecule has 0 amide bonds. The molecule has 4 heteroatoms. The van der Waals surface area contributed by atoms with Gasteiger partial charge in [-0.15, -0.1) is 0 Å². The van der Waals surface area contributed by atoms with E-state index in [4.69, 9.17) is 4.42 Å². The minimum Gasteiger partial charge on any atom is -0.465 e. The van der Waals surface area contributed by atoms with Gasteiger partial charge in [0.05, 0.1) is 12.2 Å². The molecule has 0 fully saturated rings. The van der Waals surface area contributed by atoms with Gasteiger partial charge in [0.25, 0.3) is 0 Å². The predicted octanol–water partition coefficient (Wildman–Crippen LogP) is 4.10. The first-order valence-electron chi connectivity index (χ1n) is 4.89. The highest BCUT2D eigenvalue weighted by molar-refractivity contribution is 9.10. The molecule has 84 valence electrons. The Hall–Kier alpha value is -1.29. The van der Waals surface area contributed by atoms with Gasteiger partial charge < -0.3 is 9.73 Å². The van der Waals surface area contributed by atoms with Crippen molar-refractivity contribution in [2.45, 2.75) is 13.5 Å². The van der Waals surface area contributed by atoms with Gasteiger partial charge in [0.15, 0.2) is 0 Å². The summed E-state index contributed by atoms with van der Waals surface area (Å²) < 4.78 is 19.6. The Balaban J connectivity index is 2.07. The first-order valence-corrected chi connectivity index (χ1v) is 5.69. The first kappa shape index (κ1) is 11.2. The van der Waals surface area contributed by atoms with Gasteiger partial charge in [0, 0.05) is 4.47 Å². The van der Waals surface area contributed by atoms with Crippen LogP contribution in [0.2, 0.25) is 0 Å². The average molecular weight is 284 g/mol. The van der Waals surface area contributed by atoms with Crippen LogP contribution in [0.4, 0.5) is 10.1 Å². The molecule has 2 aromatic rings. The molecule has 2 nitrogen and oxygen atoms in total. The van der Waals surface area contributed by atoms with Gasteiger partial charge in [-0.2, -0.15) is 0 Å². The molecule has 1 N–H and O–H groups in total. The van der Waals surface area contributed by atoms with E-state index in [2.05, 4.69) is 21.2 Å². The van der Waals surface area contributed by atoms with E-state index in [0.29, 0.717) is 12.2 Å². The molecule has 0 atom stereocenters. The number of anilines is 1. The molecule has 16 heavy (non-hydrogen) atoms. The van der Waals surface area contributed by atoms with Crippen LogP contribution in [0.5, 0.6) is 0 Å². The van der Waals surface area contributed by atoms with Crippen molar-refractivity contribution in [3.63, 3.8) is 0 Å². The summed E-state index contributed by atoms with van der Waals surface area (Å²) in [6, 6.07) is 8.54. The Bertz CT molecular complexity index is 496. The molecule has 0 aliphatic rings. The van der Waals surface area contributed by atoms with Crippen molar-refractivity contribution >= 4 is 21.6 Å². The molecule has 1 heterocycles. The molecule has 0 aliphatic heterocycles. The summed E-state index contributed by atoms with van der Waals surface area (Å²) in [6.07, 6.45) is 0. The lowest BCUT2D eigenvalue weighted by Crippen LogP contribution is -2.00. The molecule has 0 bridgehead atoms. The van der Waals surface area contributed by atoms with Crippen LogP contribution < -0.4 is 5.32 Å². The summed E-state index contributed by atoms with van der Waals surface area (Å²) >= 11 is 3.30. The quantitative estimate of drug-likeness (QED) is 0.917. The van der Waals surface area contributed by atoms with Crippen molar-refractivity contribution in [3.8, 4) is 0 Å². The van der Waals surface area contributed by atoms with E-state index in [1.165, 1.54) is 6.07 Å². The normalized spacial score (nSPS) is 10.4. The zero-order chi connectivity index (χ0) is 11.5. The second kappa shape index (κ2) is 4.70. The number of nitrogens with one attached hydrogen (secondary N) is 1. The standard InChI is InChI=1S/C12H11BrFNO/c1-8-2-4-10(16-8)7-15-12-6-9(13)3-5-11(12)14/h2-6,15H,7H2,1H3. The molecule has 0 saturated heterocycles. The maximum Gasteiger partial charge on any atom is 0.146 e. The fraction of sp³-hybridized carbons (Fsp3) is 0.167. The Morgan fingerprint density at radius 2 is 2.12 bits per heavy atom. The van der Waals surface area contributed by atoms with E-state index in [9.17, 15) is 4.39 Å². The van der Waals surface area contributed by atoms with E-state index in [-0.39, 0.29) is 5.82 Å². The molecule has 0 spiro atoms. The van der Waals surface area contributed by atoms with Crippen molar-refractivity contribution in [2.24, 2.45) is 0 Å². The highest BCUT2D eigenvalue weighted by Crippen LogP contribution is 2.20. The fourth-order valence-electron chi connectivity index (χ4n) is 1.40. The van der Waals surface area contributed by atoms with Crippen molar-refractivity contribution < 1.29 is 8.81 Å². The van der Waals surface area contributed by atoms with Crippen LogP contribution in [0.3, 0.4) is 0 Å². The molecule has 0 aliphatic carbocycles. The van der Waals surface area contributed by atoms with E-state index in [0.717, 1.165) is 16.0 Å². The summed E-state index contributed by atoms with van der Waals surface area (Å²) in [5, 5.41) is 2.98. The van der Waals surface area contributed by atoms with Crippen LogP contribution in [0.15, 0.2) is 39.2 Å². The third-order valence-corrected chi connectivity index (χ3v) is 2.67. The minimum absolute atomic E-state index is 0.272. The van der Waals surface area contributed by atoms with E-state index < -0.39 is 0 Å². The molecule has 1 aromatic heterocycles. The number of hydrogen-bond acceptors (Lipinski definition) is 2. The molecule has 0 unspecified atom stereocenters. The maximum atomic E-state index is 13.4. The Labute approximate surface area is 102 Å². The maximum absolute atomic E-state index is 13.4. The lowest BCUT2D eigenvalue weighted by atomic mass is 10.3. The monoisotopic (exact) mass is 283 g/mol. The van der Waals surface area contributed by atoms with Gasteiger partial charge in [-0.05, 0) is 37.3 Å². The summed E-state index contributed by atoms with van der Waals surface area (Å²) in [4.78, 5) is 0. The highest BCUT2D eigenvalue weighted by Gasteiger charge is 2.03. The highest BCUT2D eigenvalue weighted by atomic mass is 79.9. The first-order chi connectivity index (χ1) is 7.65. The molecular weight excluding hydrogens is 273 g/mol. The van der Waals surface area contributed by atoms with Gasteiger partial charge in [-0.3, -0.25) is 0 Å². The summed E-state index contributed by atoms with van der Waals surface area (Å²) in [7, 11) is 0. The number of hydrogen-bond donors (Lipinski definition) is 1. The average Bonchev–Trinajstić information content (AvgIpc) is 2.66. The molecule has 0 saturated carbocycles. The number of benzene rings is 1. The van der Waals surface area contributed by atoms with Crippen molar-refractivity contribution in [1.29, 1.82) is 0 Å². The van der Waals surface area contributed by atoms with Crippen molar-refractivity contribution in [3.05, 3.63) is 52.1 Å². The number of rotatable bonds is 3. The zero-order valence-corrected chi connectivity index (χ0v) is 10.3. The number of halogens is 2. The van der Waals surface area contributed by atoms with Crippen LogP contribution in [0, 0.1) is 12.7 Å². The van der Waals surface area contributed by atoms with Crippen molar-refractivity contribution in [2.75, 3.05) is 5.32 Å². The van der Waals surface area contributed by atoms with Gasteiger partial charge >= 0.3 is 0 Å². The van der Waals surface area contributed by atoms with Crippen LogP contribution in [-0.2, 0) is 6.54 Å². The molecule has 0 radical (unpaired) electrons. The smallest absolute Gasteiger partial charge is 0.146 e. The minimum atomic E-state index is -0.272. The number of furan rings is 1. The molecule has 2 rings (SSSR count). The van der Waals surface area contributed by atoms with Crippen LogP contribution in [0.1, 0.15) is 11.5 Å². The second-order valence-corrected chi connectivity index (χ2v) is 4.41. The third-order valence-electron chi connectivity index (χ3n) is 2.18. The SMILES string of the molecule is Cc1ccc(CNc2cc(Br)ccc2F)o1. The van der Waals surface area contributed by atoms with Gasteiger partial charge in [0.1, 0.15) is 17.3 Å². The summed E-state index contributed by atoms with van der Waals surface area (Å²) in [5.74, 6) is 1.37. The zero-order valence-electron chi connectivity index (χ0n) is 8.76. The largest absolute Gasteiger partial charge is 0.465 e. The lowest BCUT2D eigenvalue weighted by Gasteiger charge is -2.06. The van der Waals surface area contributed by atoms with Gasteiger partial charge in [0.2, 0.25) is 0 Å². The van der Waals surface area contributed by atoms with Crippen LogP contribution >= 0.6 is 15.9 Å². The van der Waals surface area contributed by atoms with E-state index >= 15 is 0 Å². The lowest BCUT2D eigenvalue weighted by molar-refractivity contribution is 0.490. The molecule has 1 aromatic carbocycles. The van der Waals surface area contributed by atoms with Gasteiger partial charge in [-0.25, -0.2) is 4.39 Å². The topological polar surface area (TPSA) is 25.2 Å². The fourth-order valence-corrected chi connectivity index (χ4v) is 1.76. The van der Waals surface area contributed by atoms with E-state index in [1.807, 2.05) is 19.1 Å². The third kappa shape index (κ3) is 2.64. The Morgan fingerprint density at radius 3 is 2.81 bits per heavy atom. The van der Waals surface area contributed by atoms with Crippen LogP contribution in [0.25, 0.3) is 0 Å². The summed E-state index contributed by atoms with van der Waals surface area (Å²) in [5.41, 5.74) is 0.462. The van der Waals surface area contributed by atoms with Crippen molar-refractivity contribution in [1.82, 2.24) is 0 Å². The number of aryl methyl sites for hydroxylation is 1. The summed E-state index contributed by atoms with van der Waals surface area (Å²) in [6.45, 7) is 2.35. The Kier molecular flexibility index (Phi) is 3.29. The Morgan fingerprint density at radius 1 is 1.31 bits per heavy atom. The molecular formula is C12H11BrFNO. The predicted molar refractivity (Wildman–Crippen MR) is 64.9 cm³/mol. The second-order valence-electron chi connectivity index (χ2n) is 3.49. The van der Waals surface area contributed by atoms with Crippen LogP contribution in [-0.4, -0.2) is 0 Å². The van der Waals surface area contributed by atoms with Gasteiger partial charge in [-0.1, -0.05) is 15.9 Å². The van der Waals surface area contributed by atoms with E-state index in [1.54, 1.807) is 12.1 Å².